The molecule has 0 fully saturated rings. The molecule has 0 radical (unpaired) electrons. The van der Waals surface area contributed by atoms with Gasteiger partial charge in [-0.25, -0.2) is 4.90 Å². The average molecular weight is 469 g/mol. The summed E-state index contributed by atoms with van der Waals surface area (Å²) in [7, 11) is 0. The Kier molecular flexibility index (Phi) is 5.67. The van der Waals surface area contributed by atoms with Crippen molar-refractivity contribution >= 4 is 29.1 Å². The number of nitrogens with zero attached hydrogens (tertiary/aromatic N) is 1. The normalized spacial score (nSPS) is 14.9. The lowest BCUT2D eigenvalue weighted by molar-refractivity contribution is -0.116. The Bertz CT molecular complexity index is 1350. The number of imide groups is 1. The predicted octanol–water partition coefficient (Wildman–Crippen LogP) is 6.41. The molecule has 3 amide bonds. The summed E-state index contributed by atoms with van der Waals surface area (Å²) < 4.78 is 6.02. The van der Waals surface area contributed by atoms with E-state index in [1.165, 1.54) is 4.90 Å². The van der Waals surface area contributed by atoms with Crippen LogP contribution in [0.3, 0.4) is 0 Å². The molecule has 0 unspecified atom stereocenters. The second-order valence-corrected chi connectivity index (χ2v) is 9.72. The fourth-order valence-electron chi connectivity index (χ4n) is 4.81. The van der Waals surface area contributed by atoms with E-state index in [9.17, 15) is 14.4 Å². The number of fused-ring (bicyclic) bond motifs is 2. The number of aryl methyl sites for hydroxylation is 1. The highest BCUT2D eigenvalue weighted by molar-refractivity contribution is 6.35. The first-order valence-corrected chi connectivity index (χ1v) is 12.0. The summed E-state index contributed by atoms with van der Waals surface area (Å²) in [5.74, 6) is 0.625. The van der Waals surface area contributed by atoms with E-state index in [0.29, 0.717) is 41.2 Å². The van der Waals surface area contributed by atoms with E-state index in [2.05, 4.69) is 33.0 Å². The molecule has 0 saturated carbocycles. The number of nitrogens with one attached hydrogen (secondary N) is 1. The zero-order valence-corrected chi connectivity index (χ0v) is 20.3. The number of carbonyl (C=O) groups excluding carboxylic acids is 3. The molecule has 6 nitrogen and oxygen atoms in total. The molecule has 1 N–H and O–H groups in total. The summed E-state index contributed by atoms with van der Waals surface area (Å²) in [5.41, 5.74) is 5.13. The first kappa shape index (κ1) is 22.8. The van der Waals surface area contributed by atoms with Crippen molar-refractivity contribution in [1.82, 2.24) is 0 Å². The summed E-state index contributed by atoms with van der Waals surface area (Å²) in [6, 6.07) is 16.5. The van der Waals surface area contributed by atoms with Gasteiger partial charge >= 0.3 is 0 Å². The molecule has 2 aliphatic rings. The predicted molar refractivity (Wildman–Crippen MR) is 136 cm³/mol. The monoisotopic (exact) mass is 468 g/mol. The van der Waals surface area contributed by atoms with Crippen LogP contribution in [0.2, 0.25) is 0 Å². The van der Waals surface area contributed by atoms with Crippen LogP contribution in [0.1, 0.15) is 83.4 Å². The lowest BCUT2D eigenvalue weighted by Crippen LogP contribution is -2.31. The van der Waals surface area contributed by atoms with Gasteiger partial charge in [0.05, 0.1) is 16.8 Å². The molecule has 0 atom stereocenters. The van der Waals surface area contributed by atoms with Crippen LogP contribution in [0.4, 0.5) is 11.4 Å². The van der Waals surface area contributed by atoms with Gasteiger partial charge in [-0.05, 0) is 59.2 Å². The summed E-state index contributed by atoms with van der Waals surface area (Å²) >= 11 is 0. The topological polar surface area (TPSA) is 75.7 Å². The number of hydrogen-bond donors (Lipinski definition) is 1. The molecular formula is C29H28N2O4. The minimum Gasteiger partial charge on any atom is -0.457 e. The van der Waals surface area contributed by atoms with Crippen LogP contribution in [-0.4, -0.2) is 17.7 Å². The Balaban J connectivity index is 1.49. The highest BCUT2D eigenvalue weighted by Crippen LogP contribution is 2.40. The SMILES string of the molecule is CC(C)c1cccc(C(C)C)c1N1C(=O)c2ccc(Oc3ccc4c(c3)NC(=O)CC4)cc2C1=O. The van der Waals surface area contributed by atoms with Gasteiger partial charge in [0, 0.05) is 18.2 Å². The van der Waals surface area contributed by atoms with Crippen LogP contribution >= 0.6 is 0 Å². The highest BCUT2D eigenvalue weighted by atomic mass is 16.5. The Labute approximate surface area is 204 Å². The van der Waals surface area contributed by atoms with Gasteiger partial charge in [-0.3, -0.25) is 14.4 Å². The van der Waals surface area contributed by atoms with Crippen LogP contribution in [0.15, 0.2) is 54.6 Å². The van der Waals surface area contributed by atoms with E-state index in [0.717, 1.165) is 22.4 Å². The maximum absolute atomic E-state index is 13.6. The molecule has 35 heavy (non-hydrogen) atoms. The van der Waals surface area contributed by atoms with E-state index < -0.39 is 0 Å². The van der Waals surface area contributed by atoms with Crippen molar-refractivity contribution < 1.29 is 19.1 Å². The molecule has 0 aliphatic carbocycles. The van der Waals surface area contributed by atoms with E-state index in [1.54, 1.807) is 24.3 Å². The Morgan fingerprint density at radius 3 is 2.09 bits per heavy atom. The van der Waals surface area contributed by atoms with Crippen LogP contribution in [0.5, 0.6) is 11.5 Å². The molecule has 0 aromatic heterocycles. The van der Waals surface area contributed by atoms with Gasteiger partial charge in [-0.2, -0.15) is 0 Å². The van der Waals surface area contributed by atoms with Crippen molar-refractivity contribution in [2.45, 2.75) is 52.4 Å². The Morgan fingerprint density at radius 1 is 0.771 bits per heavy atom. The molecule has 5 rings (SSSR count). The third-order valence-corrected chi connectivity index (χ3v) is 6.64. The lowest BCUT2D eigenvalue weighted by Gasteiger charge is -2.25. The molecule has 0 saturated heterocycles. The maximum Gasteiger partial charge on any atom is 0.266 e. The highest BCUT2D eigenvalue weighted by Gasteiger charge is 2.39. The minimum atomic E-state index is -0.344. The standard InChI is InChI=1S/C29H28N2O4/c1-16(2)21-6-5-7-22(17(3)4)27(21)31-28(33)23-12-11-19(14-24(23)29(31)34)35-20-10-8-18-9-13-26(32)30-25(18)15-20/h5-8,10-12,14-17H,9,13H2,1-4H3,(H,30,32). The van der Waals surface area contributed by atoms with E-state index >= 15 is 0 Å². The molecule has 178 valence electrons. The average Bonchev–Trinajstić information content (AvgIpc) is 3.07. The van der Waals surface area contributed by atoms with Gasteiger partial charge in [-0.15, -0.1) is 0 Å². The quantitative estimate of drug-likeness (QED) is 0.439. The molecule has 0 spiro atoms. The number of anilines is 2. The maximum atomic E-state index is 13.6. The van der Waals surface area contributed by atoms with Gasteiger partial charge in [0.25, 0.3) is 11.8 Å². The molecule has 3 aromatic rings. The zero-order chi connectivity index (χ0) is 24.9. The number of hydrogen-bond acceptors (Lipinski definition) is 4. The second kappa shape index (κ2) is 8.69. The number of amides is 3. The van der Waals surface area contributed by atoms with Gasteiger partial charge in [0.15, 0.2) is 0 Å². The first-order chi connectivity index (χ1) is 16.7. The van der Waals surface area contributed by atoms with Gasteiger partial charge < -0.3 is 10.1 Å². The van der Waals surface area contributed by atoms with E-state index in [4.69, 9.17) is 4.74 Å². The van der Waals surface area contributed by atoms with Gasteiger partial charge in [0.2, 0.25) is 5.91 Å². The van der Waals surface area contributed by atoms with Crippen molar-refractivity contribution in [2.24, 2.45) is 0 Å². The first-order valence-electron chi connectivity index (χ1n) is 12.0. The van der Waals surface area contributed by atoms with Crippen LogP contribution in [-0.2, 0) is 11.2 Å². The fourth-order valence-corrected chi connectivity index (χ4v) is 4.81. The lowest BCUT2D eigenvalue weighted by atomic mass is 9.92. The van der Waals surface area contributed by atoms with Crippen LogP contribution in [0.25, 0.3) is 0 Å². The summed E-state index contributed by atoms with van der Waals surface area (Å²) in [4.78, 5) is 40.1. The number of ether oxygens (including phenoxy) is 1. The molecular weight excluding hydrogens is 440 g/mol. The number of rotatable bonds is 5. The third kappa shape index (κ3) is 3.99. The summed E-state index contributed by atoms with van der Waals surface area (Å²) in [5, 5.41) is 2.87. The van der Waals surface area contributed by atoms with Crippen molar-refractivity contribution in [3.8, 4) is 11.5 Å². The summed E-state index contributed by atoms with van der Waals surface area (Å²) in [6.07, 6.45) is 1.17. The molecule has 3 aromatic carbocycles. The summed E-state index contributed by atoms with van der Waals surface area (Å²) in [6.45, 7) is 8.25. The van der Waals surface area contributed by atoms with Crippen LogP contribution in [0, 0.1) is 0 Å². The van der Waals surface area contributed by atoms with Gasteiger partial charge in [-0.1, -0.05) is 52.0 Å². The third-order valence-electron chi connectivity index (χ3n) is 6.64. The number of benzene rings is 3. The van der Waals surface area contributed by atoms with Crippen molar-refractivity contribution in [1.29, 1.82) is 0 Å². The Morgan fingerprint density at radius 2 is 1.40 bits per heavy atom. The molecule has 2 aliphatic heterocycles. The Hall–Kier alpha value is -3.93. The number of para-hydroxylation sites is 1. The molecule has 0 bridgehead atoms. The number of carbonyl (C=O) groups is 3. The molecule has 2 heterocycles. The second-order valence-electron chi connectivity index (χ2n) is 9.72. The van der Waals surface area contributed by atoms with Crippen molar-refractivity contribution in [3.63, 3.8) is 0 Å². The van der Waals surface area contributed by atoms with E-state index in [-0.39, 0.29) is 29.6 Å². The fraction of sp³-hybridized carbons (Fsp3) is 0.276. The van der Waals surface area contributed by atoms with Gasteiger partial charge in [0.1, 0.15) is 11.5 Å². The van der Waals surface area contributed by atoms with Crippen LogP contribution < -0.4 is 15.0 Å². The smallest absolute Gasteiger partial charge is 0.266 e. The molecule has 6 heteroatoms. The zero-order valence-electron chi connectivity index (χ0n) is 20.3. The van der Waals surface area contributed by atoms with Crippen molar-refractivity contribution in [3.05, 3.63) is 82.4 Å². The van der Waals surface area contributed by atoms with Crippen molar-refractivity contribution in [2.75, 3.05) is 10.2 Å². The van der Waals surface area contributed by atoms with E-state index in [1.807, 2.05) is 30.3 Å². The largest absolute Gasteiger partial charge is 0.457 e. The minimum absolute atomic E-state index is 0.0150.